The number of primary amides is 1. The van der Waals surface area contributed by atoms with Crippen molar-refractivity contribution >= 4 is 16.9 Å². The van der Waals surface area contributed by atoms with Gasteiger partial charge in [-0.25, -0.2) is 0 Å². The molecule has 0 saturated heterocycles. The highest BCUT2D eigenvalue weighted by Crippen LogP contribution is 1.78. The van der Waals surface area contributed by atoms with Gasteiger partial charge in [-0.3, -0.25) is 4.79 Å². The lowest BCUT2D eigenvalue weighted by Gasteiger charge is -1.78. The molecule has 0 rings (SSSR count). The maximum Gasteiger partial charge on any atom is 0.258 e. The summed E-state index contributed by atoms with van der Waals surface area (Å²) in [6.45, 7) is 3.04. The number of hydrogen-bond donors (Lipinski definition) is 1. The van der Waals surface area contributed by atoms with Crippen molar-refractivity contribution in [3.05, 3.63) is 12.2 Å². The predicted molar refractivity (Wildman–Crippen MR) is 35.3 cm³/mol. The molecule has 4 heteroatoms. The molecule has 0 spiro atoms. The van der Waals surface area contributed by atoms with Crippen LogP contribution < -0.4 is 5.73 Å². The van der Waals surface area contributed by atoms with Crippen LogP contribution in [0.1, 0.15) is 0 Å². The van der Waals surface area contributed by atoms with Crippen molar-refractivity contribution in [3.8, 4) is 6.07 Å². The fourth-order valence-electron chi connectivity index (χ4n) is 0.0551. The van der Waals surface area contributed by atoms with Crippen LogP contribution in [0.25, 0.3) is 0 Å². The van der Waals surface area contributed by atoms with Crippen LogP contribution in [0.15, 0.2) is 12.2 Å². The van der Waals surface area contributed by atoms with Gasteiger partial charge in [0.25, 0.3) is 5.91 Å². The largest absolute Gasteiger partial charge is 0.365 e. The van der Waals surface area contributed by atoms with E-state index >= 15 is 0 Å². The summed E-state index contributed by atoms with van der Waals surface area (Å²) >= 11 is 0. The van der Waals surface area contributed by atoms with Crippen LogP contribution in [0, 0.1) is 11.3 Å². The zero-order valence-electron chi connectivity index (χ0n) is 3.64. The lowest BCUT2D eigenvalue weighted by atomic mass is 10.3. The normalized spacial score (nSPS) is 5.88. The first-order valence-corrected chi connectivity index (χ1v) is 1.57. The van der Waals surface area contributed by atoms with Crippen molar-refractivity contribution in [2.75, 3.05) is 0 Å². The summed E-state index contributed by atoms with van der Waals surface area (Å²) < 4.78 is 0. The van der Waals surface area contributed by atoms with Gasteiger partial charge in [0.2, 0.25) is 0 Å². The van der Waals surface area contributed by atoms with E-state index in [1.54, 1.807) is 0 Å². The van der Waals surface area contributed by atoms with E-state index < -0.39 is 5.91 Å². The Morgan fingerprint density at radius 3 is 2.12 bits per heavy atom. The molecule has 0 atom stereocenters. The fraction of sp³-hybridized carbons (Fsp3) is 0. The molecular weight excluding hydrogens is 120 g/mol. The Labute approximate surface area is 51.8 Å². The Balaban J connectivity index is 0. The molecule has 0 unspecified atom stereocenters. The van der Waals surface area contributed by atoms with Gasteiger partial charge < -0.3 is 5.73 Å². The summed E-state index contributed by atoms with van der Waals surface area (Å²) in [5, 5.41) is 7.85. The van der Waals surface area contributed by atoms with Gasteiger partial charge in [-0.2, -0.15) is 5.26 Å². The molecule has 8 heavy (non-hydrogen) atoms. The first kappa shape index (κ1) is 10.0. The molecule has 0 aromatic carbocycles. The zero-order valence-corrected chi connectivity index (χ0v) is 3.64. The molecule has 0 aliphatic heterocycles. The van der Waals surface area contributed by atoms with Crippen LogP contribution in [0.3, 0.4) is 0 Å². The number of nitriles is 1. The van der Waals surface area contributed by atoms with E-state index in [2.05, 4.69) is 12.3 Å². The molecule has 0 aliphatic carbocycles. The molecule has 0 aromatic rings. The van der Waals surface area contributed by atoms with Gasteiger partial charge >= 0.3 is 0 Å². The van der Waals surface area contributed by atoms with Crippen LogP contribution in [0.2, 0.25) is 0 Å². The number of nitrogens with zero attached hydrogens (tertiary/aromatic N) is 1. The number of carbonyl (C=O) groups excluding carboxylic acids is 1. The van der Waals surface area contributed by atoms with Gasteiger partial charge in [-0.05, 0) is 11.0 Å². The molecule has 3 nitrogen and oxygen atoms in total. The van der Waals surface area contributed by atoms with Crippen LogP contribution >= 0.6 is 0 Å². The van der Waals surface area contributed by atoms with Gasteiger partial charge in [-0.15, -0.1) is 0 Å². The average molecular weight is 128 g/mol. The maximum atomic E-state index is 9.83. The Kier molecular flexibility index (Phi) is 5.12. The second-order valence-corrected chi connectivity index (χ2v) is 0.955. The lowest BCUT2D eigenvalue weighted by Crippen LogP contribution is -2.11. The molecule has 0 aliphatic rings. The molecule has 2 N–H and O–H groups in total. The molecule has 0 fully saturated rings. The first-order chi connectivity index (χ1) is 3.18. The van der Waals surface area contributed by atoms with Crippen molar-refractivity contribution in [2.24, 2.45) is 5.73 Å². The third-order valence-corrected chi connectivity index (χ3v) is 0.432. The predicted octanol–water partition coefficient (Wildman–Crippen LogP) is -1.90. The number of carbonyl (C=O) groups is 1. The maximum absolute atomic E-state index is 9.83. The van der Waals surface area contributed by atoms with Crippen molar-refractivity contribution in [2.45, 2.75) is 0 Å². The summed E-state index contributed by atoms with van der Waals surface area (Å²) in [5.74, 6) is -0.762. The molecule has 1 amide bonds. The second-order valence-electron chi connectivity index (χ2n) is 0.955. The van der Waals surface area contributed by atoms with Gasteiger partial charge in [0.1, 0.15) is 11.6 Å². The van der Waals surface area contributed by atoms with Crippen LogP contribution in [0.5, 0.6) is 0 Å². The number of rotatable bonds is 1. The molecular formula is C4H8N2OSi. The van der Waals surface area contributed by atoms with Gasteiger partial charge in [0.05, 0.1) is 0 Å². The Bertz CT molecular complexity index is 147. The summed E-state index contributed by atoms with van der Waals surface area (Å²) in [6.07, 6.45) is 0. The minimum Gasteiger partial charge on any atom is -0.365 e. The monoisotopic (exact) mass is 128 g/mol. The van der Waals surface area contributed by atoms with E-state index in [-0.39, 0.29) is 16.5 Å². The molecule has 0 radical (unpaired) electrons. The van der Waals surface area contributed by atoms with Crippen molar-refractivity contribution < 1.29 is 4.79 Å². The summed E-state index contributed by atoms with van der Waals surface area (Å²) in [4.78, 5) is 9.83. The fourth-order valence-corrected chi connectivity index (χ4v) is 0.0551. The highest BCUT2D eigenvalue weighted by Gasteiger charge is 1.94. The molecule has 0 bridgehead atoms. The van der Waals surface area contributed by atoms with Gasteiger partial charge in [0.15, 0.2) is 0 Å². The highest BCUT2D eigenvalue weighted by atomic mass is 28.1. The average Bonchev–Trinajstić information content (AvgIpc) is 1.65. The number of hydrogen-bond acceptors (Lipinski definition) is 2. The third kappa shape index (κ3) is 3.12. The number of amides is 1. The summed E-state index contributed by atoms with van der Waals surface area (Å²) in [6, 6.07) is 1.50. The minimum atomic E-state index is -0.762. The van der Waals surface area contributed by atoms with Crippen molar-refractivity contribution in [1.29, 1.82) is 5.26 Å². The molecule has 0 saturated carbocycles. The SMILES string of the molecule is C=C(C#N)C(N)=O.[SiH4]. The molecule has 0 heterocycles. The Hall–Kier alpha value is -1.08. The van der Waals surface area contributed by atoms with E-state index in [0.29, 0.717) is 0 Å². The number of nitrogens with two attached hydrogens (primary N) is 1. The van der Waals surface area contributed by atoms with E-state index in [0.717, 1.165) is 0 Å². The summed E-state index contributed by atoms with van der Waals surface area (Å²) in [5.41, 5.74) is 4.38. The van der Waals surface area contributed by atoms with Gasteiger partial charge in [0, 0.05) is 0 Å². The second kappa shape index (κ2) is 4.09. The lowest BCUT2D eigenvalue weighted by molar-refractivity contribution is -0.114. The van der Waals surface area contributed by atoms with Crippen molar-refractivity contribution in [3.63, 3.8) is 0 Å². The Morgan fingerprint density at radius 2 is 2.12 bits per heavy atom. The standard InChI is InChI=1S/C4H4N2O.H4Si/c1-3(2-5)4(6)7;/h1H2,(H2,6,7);1H4. The highest BCUT2D eigenvalue weighted by molar-refractivity contribution is 5.95. The topological polar surface area (TPSA) is 66.9 Å². The van der Waals surface area contributed by atoms with Crippen LogP contribution in [0.4, 0.5) is 0 Å². The quantitative estimate of drug-likeness (QED) is 0.255. The summed E-state index contributed by atoms with van der Waals surface area (Å²) in [7, 11) is 0. The van der Waals surface area contributed by atoms with E-state index in [4.69, 9.17) is 5.26 Å². The molecule has 0 aromatic heterocycles. The molecule has 44 valence electrons. The van der Waals surface area contributed by atoms with Crippen molar-refractivity contribution in [1.82, 2.24) is 0 Å². The van der Waals surface area contributed by atoms with E-state index in [9.17, 15) is 4.79 Å². The first-order valence-electron chi connectivity index (χ1n) is 1.57. The third-order valence-electron chi connectivity index (χ3n) is 0.432. The van der Waals surface area contributed by atoms with Crippen LogP contribution in [-0.2, 0) is 4.79 Å². The van der Waals surface area contributed by atoms with Crippen LogP contribution in [-0.4, -0.2) is 16.9 Å². The van der Waals surface area contributed by atoms with Gasteiger partial charge in [-0.1, -0.05) is 6.58 Å². The van der Waals surface area contributed by atoms with E-state index in [1.165, 1.54) is 6.07 Å². The Morgan fingerprint density at radius 1 is 1.75 bits per heavy atom. The zero-order chi connectivity index (χ0) is 5.86. The minimum absolute atomic E-state index is 0. The smallest absolute Gasteiger partial charge is 0.258 e. The van der Waals surface area contributed by atoms with E-state index in [1.807, 2.05) is 0 Å².